The van der Waals surface area contributed by atoms with Gasteiger partial charge in [-0.2, -0.15) is 0 Å². The number of nitrogens with two attached hydrogens (primary N) is 1. The third kappa shape index (κ3) is 5.20. The van der Waals surface area contributed by atoms with Crippen molar-refractivity contribution in [3.05, 3.63) is 0 Å². The molecule has 0 saturated carbocycles. The van der Waals surface area contributed by atoms with E-state index in [-0.39, 0.29) is 0 Å². The summed E-state index contributed by atoms with van der Waals surface area (Å²) in [6.07, 6.45) is 1.04. The van der Waals surface area contributed by atoms with E-state index in [1.54, 1.807) is 0 Å². The van der Waals surface area contributed by atoms with Gasteiger partial charge in [-0.3, -0.25) is 5.43 Å². The highest BCUT2D eigenvalue weighted by Crippen LogP contribution is 1.67. The maximum absolute atomic E-state index is 4.67. The van der Waals surface area contributed by atoms with Gasteiger partial charge in [0.2, 0.25) is 0 Å². The van der Waals surface area contributed by atoms with Crippen molar-refractivity contribution in [1.29, 1.82) is 0 Å². The van der Waals surface area contributed by atoms with Gasteiger partial charge < -0.3 is 5.84 Å². The topological polar surface area (TPSA) is 62.8 Å². The largest absolute Gasteiger partial charge is 0.303 e. The molecule has 0 aromatic carbocycles. The molecule has 0 unspecified atom stereocenters. The van der Waals surface area contributed by atoms with Gasteiger partial charge in [0.1, 0.15) is 0 Å². The zero-order valence-corrected chi connectivity index (χ0v) is 4.39. The van der Waals surface area contributed by atoms with Gasteiger partial charge >= 0.3 is 0 Å². The summed E-state index contributed by atoms with van der Waals surface area (Å²) in [5, 5.41) is 6.30. The van der Waals surface area contributed by atoms with Crippen LogP contribution >= 0.6 is 0 Å². The van der Waals surface area contributed by atoms with E-state index < -0.39 is 0 Å². The number of hydrogen-bond acceptors (Lipinski definition) is 2. The van der Waals surface area contributed by atoms with Crippen molar-refractivity contribution >= 4 is 0 Å². The van der Waals surface area contributed by atoms with Gasteiger partial charge in [0.05, 0.1) is 0 Å². The monoisotopic (exact) mass is 102 g/mol. The molecule has 0 aliphatic carbocycles. The van der Waals surface area contributed by atoms with E-state index in [0.717, 1.165) is 13.0 Å². The quantitative estimate of drug-likeness (QED) is 0.232. The lowest BCUT2D eigenvalue weighted by Crippen LogP contribution is -2.05. The minimum absolute atomic E-state index is 0.834. The van der Waals surface area contributed by atoms with Crippen molar-refractivity contribution in [3.63, 3.8) is 0 Å². The van der Waals surface area contributed by atoms with Crippen LogP contribution < -0.4 is 11.3 Å². The molecule has 0 fully saturated rings. The normalized spacial score (nSPS) is 9.86. The number of rotatable bonds is 3. The summed E-state index contributed by atoms with van der Waals surface area (Å²) in [5.74, 6) is 4.67. The second-order valence-electron chi connectivity index (χ2n) is 1.12. The SMILES string of the molecule is CCCN/N=N/N. The Morgan fingerprint density at radius 2 is 2.43 bits per heavy atom. The van der Waals surface area contributed by atoms with E-state index in [1.165, 1.54) is 0 Å². The van der Waals surface area contributed by atoms with Gasteiger partial charge in [0, 0.05) is 6.54 Å². The summed E-state index contributed by atoms with van der Waals surface area (Å²) < 4.78 is 0. The summed E-state index contributed by atoms with van der Waals surface area (Å²) >= 11 is 0. The van der Waals surface area contributed by atoms with Crippen molar-refractivity contribution in [2.45, 2.75) is 13.3 Å². The second-order valence-corrected chi connectivity index (χ2v) is 1.12. The molecular formula is C3H10N4. The predicted octanol–water partition coefficient (Wildman–Crippen LogP) is 0.227. The van der Waals surface area contributed by atoms with Crippen LogP contribution in [0.25, 0.3) is 0 Å². The van der Waals surface area contributed by atoms with E-state index in [4.69, 9.17) is 0 Å². The zero-order valence-electron chi connectivity index (χ0n) is 4.39. The van der Waals surface area contributed by atoms with Crippen LogP contribution in [-0.4, -0.2) is 6.54 Å². The minimum atomic E-state index is 0.834. The van der Waals surface area contributed by atoms with E-state index >= 15 is 0 Å². The van der Waals surface area contributed by atoms with Gasteiger partial charge in [-0.15, -0.1) is 0 Å². The van der Waals surface area contributed by atoms with Gasteiger partial charge in [-0.25, -0.2) is 0 Å². The molecule has 0 bridgehead atoms. The van der Waals surface area contributed by atoms with E-state index in [0.29, 0.717) is 0 Å². The van der Waals surface area contributed by atoms with E-state index in [1.807, 2.05) is 6.92 Å². The van der Waals surface area contributed by atoms with Gasteiger partial charge in [-0.1, -0.05) is 17.4 Å². The lowest BCUT2D eigenvalue weighted by molar-refractivity contribution is 0.663. The van der Waals surface area contributed by atoms with Crippen molar-refractivity contribution in [1.82, 2.24) is 5.43 Å². The third-order valence-electron chi connectivity index (χ3n) is 0.490. The van der Waals surface area contributed by atoms with Crippen molar-refractivity contribution in [2.75, 3.05) is 6.54 Å². The van der Waals surface area contributed by atoms with Crippen molar-refractivity contribution in [3.8, 4) is 0 Å². The molecule has 0 heterocycles. The van der Waals surface area contributed by atoms with Crippen LogP contribution in [0, 0.1) is 0 Å². The van der Waals surface area contributed by atoms with Gasteiger partial charge in [0.15, 0.2) is 0 Å². The first kappa shape index (κ1) is 6.20. The Hall–Kier alpha value is -0.800. The van der Waals surface area contributed by atoms with Crippen LogP contribution in [0.15, 0.2) is 10.4 Å². The molecule has 0 spiro atoms. The van der Waals surface area contributed by atoms with Gasteiger partial charge in [-0.05, 0) is 6.42 Å². The molecule has 0 aromatic rings. The fraction of sp³-hybridized carbons (Fsp3) is 1.00. The lowest BCUT2D eigenvalue weighted by atomic mass is 10.5. The molecule has 42 valence electrons. The molecule has 0 saturated heterocycles. The molecule has 0 atom stereocenters. The van der Waals surface area contributed by atoms with E-state index in [9.17, 15) is 0 Å². The molecule has 3 N–H and O–H groups in total. The highest BCUT2D eigenvalue weighted by molar-refractivity contribution is 4.28. The first-order valence-corrected chi connectivity index (χ1v) is 2.24. The Morgan fingerprint density at radius 1 is 1.71 bits per heavy atom. The van der Waals surface area contributed by atoms with Crippen molar-refractivity contribution < 1.29 is 0 Å². The summed E-state index contributed by atoms with van der Waals surface area (Å²) in [5.41, 5.74) is 2.62. The molecule has 0 aliphatic heterocycles. The fourth-order valence-corrected chi connectivity index (χ4v) is 0.203. The Labute approximate surface area is 42.7 Å². The number of hydrogen-bond donors (Lipinski definition) is 2. The Bertz CT molecular complexity index is 50.9. The smallest absolute Gasteiger partial charge is 0.0344 e. The number of nitrogens with zero attached hydrogens (tertiary/aromatic N) is 2. The van der Waals surface area contributed by atoms with Crippen molar-refractivity contribution in [2.24, 2.45) is 16.3 Å². The standard InChI is InChI=1S/C3H10N4/c1-2-3-5-7-6-4/h2-3H2,1H3,(H2,4,7)(H,5,6). The maximum Gasteiger partial charge on any atom is 0.0344 e. The summed E-state index contributed by atoms with van der Waals surface area (Å²) in [7, 11) is 0. The average molecular weight is 102 g/mol. The summed E-state index contributed by atoms with van der Waals surface area (Å²) in [4.78, 5) is 0. The first-order valence-electron chi connectivity index (χ1n) is 2.24. The third-order valence-corrected chi connectivity index (χ3v) is 0.490. The zero-order chi connectivity index (χ0) is 5.54. The Morgan fingerprint density at radius 3 is 2.86 bits per heavy atom. The molecule has 4 heteroatoms. The molecular weight excluding hydrogens is 92.1 g/mol. The van der Waals surface area contributed by atoms with Crippen LogP contribution in [0.5, 0.6) is 0 Å². The minimum Gasteiger partial charge on any atom is -0.303 e. The highest BCUT2D eigenvalue weighted by atomic mass is 15.5. The second kappa shape index (κ2) is 5.20. The molecule has 4 nitrogen and oxygen atoms in total. The first-order chi connectivity index (χ1) is 3.41. The fourth-order valence-electron chi connectivity index (χ4n) is 0.203. The van der Waals surface area contributed by atoms with E-state index in [2.05, 4.69) is 21.7 Å². The predicted molar refractivity (Wildman–Crippen MR) is 27.3 cm³/mol. The molecule has 0 amide bonds. The number of nitrogens with one attached hydrogen (secondary N) is 1. The van der Waals surface area contributed by atoms with Crippen LogP contribution in [0.1, 0.15) is 13.3 Å². The van der Waals surface area contributed by atoms with Crippen LogP contribution in [-0.2, 0) is 0 Å². The molecule has 0 aromatic heterocycles. The molecule has 0 rings (SSSR count). The highest BCUT2D eigenvalue weighted by Gasteiger charge is 1.70. The van der Waals surface area contributed by atoms with Crippen LogP contribution in [0.4, 0.5) is 0 Å². The maximum atomic E-state index is 4.67. The van der Waals surface area contributed by atoms with Gasteiger partial charge in [0.25, 0.3) is 0 Å². The Kier molecular flexibility index (Phi) is 4.61. The summed E-state index contributed by atoms with van der Waals surface area (Å²) in [6, 6.07) is 0. The molecule has 0 radical (unpaired) electrons. The average Bonchev–Trinajstić information content (AvgIpc) is 1.69. The summed E-state index contributed by atoms with van der Waals surface area (Å²) in [6.45, 7) is 2.87. The molecule has 7 heavy (non-hydrogen) atoms. The van der Waals surface area contributed by atoms with Crippen LogP contribution in [0.3, 0.4) is 0 Å². The molecule has 0 aliphatic rings. The van der Waals surface area contributed by atoms with Crippen LogP contribution in [0.2, 0.25) is 0 Å². The lowest BCUT2D eigenvalue weighted by Gasteiger charge is -1.88. The Balaban J connectivity index is 2.69.